The molecule has 110 valence electrons. The van der Waals surface area contributed by atoms with Gasteiger partial charge in [-0.15, -0.1) is 0 Å². The molecular weight excluding hydrogens is 266 g/mol. The zero-order valence-electron chi connectivity index (χ0n) is 12.3. The van der Waals surface area contributed by atoms with E-state index in [-0.39, 0.29) is 0 Å². The van der Waals surface area contributed by atoms with Crippen LogP contribution in [-0.2, 0) is 13.0 Å². The molecule has 0 aliphatic carbocycles. The molecule has 3 rings (SSSR count). The summed E-state index contributed by atoms with van der Waals surface area (Å²) in [6.07, 6.45) is 1.00. The molecule has 1 N–H and O–H groups in total. The van der Waals surface area contributed by atoms with Crippen LogP contribution in [0.1, 0.15) is 18.1 Å². The smallest absolute Gasteiger partial charge is 0.323 e. The summed E-state index contributed by atoms with van der Waals surface area (Å²) >= 11 is 0. The second kappa shape index (κ2) is 5.95. The summed E-state index contributed by atoms with van der Waals surface area (Å²) in [6, 6.07) is 8.87. The second-order valence-electron chi connectivity index (χ2n) is 4.86. The molecule has 1 aromatic carbocycles. The summed E-state index contributed by atoms with van der Waals surface area (Å²) < 4.78 is 5.42. The Morgan fingerprint density at radius 1 is 1.19 bits per heavy atom. The summed E-state index contributed by atoms with van der Waals surface area (Å²) in [5, 5.41) is 2.96. The van der Waals surface area contributed by atoms with Crippen LogP contribution < -0.4 is 15.0 Å². The van der Waals surface area contributed by atoms with Gasteiger partial charge in [-0.25, -0.2) is 0 Å². The third-order valence-corrected chi connectivity index (χ3v) is 3.51. The fourth-order valence-electron chi connectivity index (χ4n) is 2.46. The van der Waals surface area contributed by atoms with Gasteiger partial charge in [-0.1, -0.05) is 24.3 Å². The summed E-state index contributed by atoms with van der Waals surface area (Å²) in [5.74, 6) is 1.19. The minimum absolute atomic E-state index is 0.366. The molecule has 2 heterocycles. The molecule has 0 radical (unpaired) electrons. The first-order valence-electron chi connectivity index (χ1n) is 7.18. The molecule has 0 unspecified atom stereocenters. The highest BCUT2D eigenvalue weighted by atomic mass is 16.5. The maximum Gasteiger partial charge on any atom is 0.323 e. The molecule has 1 aromatic heterocycles. The number of nitrogens with zero attached hydrogens (tertiary/aromatic N) is 4. The average molecular weight is 285 g/mol. The molecular formula is C15H19N5O. The van der Waals surface area contributed by atoms with Crippen molar-refractivity contribution in [3.05, 3.63) is 35.4 Å². The van der Waals surface area contributed by atoms with E-state index in [4.69, 9.17) is 4.74 Å². The molecule has 0 fully saturated rings. The Morgan fingerprint density at radius 2 is 2.00 bits per heavy atom. The first kappa shape index (κ1) is 13.6. The molecule has 0 saturated heterocycles. The van der Waals surface area contributed by atoms with E-state index < -0.39 is 0 Å². The third kappa shape index (κ3) is 2.89. The van der Waals surface area contributed by atoms with Crippen molar-refractivity contribution >= 4 is 11.9 Å². The minimum atomic E-state index is 0.366. The largest absolute Gasteiger partial charge is 0.464 e. The van der Waals surface area contributed by atoms with Crippen LogP contribution in [0.2, 0.25) is 0 Å². The molecule has 21 heavy (non-hydrogen) atoms. The van der Waals surface area contributed by atoms with E-state index in [1.165, 1.54) is 11.1 Å². The van der Waals surface area contributed by atoms with Crippen LogP contribution >= 0.6 is 0 Å². The van der Waals surface area contributed by atoms with Crippen LogP contribution in [0.15, 0.2) is 24.3 Å². The topological polar surface area (TPSA) is 63.2 Å². The van der Waals surface area contributed by atoms with E-state index in [1.54, 1.807) is 7.05 Å². The minimum Gasteiger partial charge on any atom is -0.464 e. The van der Waals surface area contributed by atoms with Crippen molar-refractivity contribution in [1.29, 1.82) is 0 Å². The zero-order chi connectivity index (χ0) is 14.7. The highest BCUT2D eigenvalue weighted by Crippen LogP contribution is 2.23. The zero-order valence-corrected chi connectivity index (χ0v) is 12.3. The van der Waals surface area contributed by atoms with Gasteiger partial charge < -0.3 is 15.0 Å². The lowest BCUT2D eigenvalue weighted by molar-refractivity contribution is 0.312. The maximum atomic E-state index is 5.42. The summed E-state index contributed by atoms with van der Waals surface area (Å²) in [5.41, 5.74) is 2.73. The molecule has 1 aliphatic rings. The van der Waals surface area contributed by atoms with Gasteiger partial charge in [0.15, 0.2) is 0 Å². The Balaban J connectivity index is 1.89. The van der Waals surface area contributed by atoms with Crippen LogP contribution in [0.3, 0.4) is 0 Å². The van der Waals surface area contributed by atoms with Crippen LogP contribution in [0.5, 0.6) is 6.01 Å². The standard InChI is InChI=1S/C15H19N5O/c1-3-21-15-18-13(16-2)17-14(19-15)20-9-8-11-6-4-5-7-12(11)10-20/h4-7H,3,8-10H2,1-2H3,(H,16,17,18,19). The van der Waals surface area contributed by atoms with Gasteiger partial charge in [0.25, 0.3) is 0 Å². The monoisotopic (exact) mass is 285 g/mol. The fourth-order valence-corrected chi connectivity index (χ4v) is 2.46. The van der Waals surface area contributed by atoms with E-state index in [1.807, 2.05) is 6.92 Å². The summed E-state index contributed by atoms with van der Waals surface area (Å²) in [7, 11) is 1.79. The molecule has 6 heteroatoms. The number of anilines is 2. The molecule has 2 aromatic rings. The highest BCUT2D eigenvalue weighted by Gasteiger charge is 2.19. The first-order chi connectivity index (χ1) is 10.3. The van der Waals surface area contributed by atoms with Crippen molar-refractivity contribution in [2.45, 2.75) is 19.9 Å². The number of benzene rings is 1. The van der Waals surface area contributed by atoms with Gasteiger partial charge in [0, 0.05) is 20.1 Å². The van der Waals surface area contributed by atoms with Crippen molar-refractivity contribution in [2.24, 2.45) is 0 Å². The lowest BCUT2D eigenvalue weighted by Crippen LogP contribution is -2.32. The van der Waals surface area contributed by atoms with Crippen LogP contribution in [0.25, 0.3) is 0 Å². The lowest BCUT2D eigenvalue weighted by Gasteiger charge is -2.28. The van der Waals surface area contributed by atoms with E-state index in [9.17, 15) is 0 Å². The van der Waals surface area contributed by atoms with Crippen molar-refractivity contribution in [3.8, 4) is 6.01 Å². The van der Waals surface area contributed by atoms with Gasteiger partial charge in [0.05, 0.1) is 6.61 Å². The van der Waals surface area contributed by atoms with Gasteiger partial charge in [-0.3, -0.25) is 0 Å². The number of nitrogens with one attached hydrogen (secondary N) is 1. The molecule has 0 atom stereocenters. The van der Waals surface area contributed by atoms with Crippen molar-refractivity contribution in [2.75, 3.05) is 30.4 Å². The Morgan fingerprint density at radius 3 is 2.76 bits per heavy atom. The van der Waals surface area contributed by atoms with E-state index in [0.717, 1.165) is 19.5 Å². The van der Waals surface area contributed by atoms with Crippen molar-refractivity contribution in [1.82, 2.24) is 15.0 Å². The van der Waals surface area contributed by atoms with Crippen molar-refractivity contribution < 1.29 is 4.74 Å². The second-order valence-corrected chi connectivity index (χ2v) is 4.86. The molecule has 0 saturated carbocycles. The van der Waals surface area contributed by atoms with Gasteiger partial charge in [-0.05, 0) is 24.5 Å². The third-order valence-electron chi connectivity index (χ3n) is 3.51. The van der Waals surface area contributed by atoms with E-state index >= 15 is 0 Å². The number of ether oxygens (including phenoxy) is 1. The van der Waals surface area contributed by atoms with Crippen LogP contribution in [0, 0.1) is 0 Å². The van der Waals surface area contributed by atoms with Gasteiger partial charge in [0.1, 0.15) is 0 Å². The van der Waals surface area contributed by atoms with Crippen LogP contribution in [-0.4, -0.2) is 35.2 Å². The number of hydrogen-bond acceptors (Lipinski definition) is 6. The summed E-state index contributed by atoms with van der Waals surface area (Å²) in [6.45, 7) is 4.17. The number of rotatable bonds is 4. The quantitative estimate of drug-likeness (QED) is 0.925. The average Bonchev–Trinajstić information content (AvgIpc) is 2.54. The Bertz CT molecular complexity index is 631. The normalized spacial score (nSPS) is 13.7. The van der Waals surface area contributed by atoms with Gasteiger partial charge >= 0.3 is 6.01 Å². The molecule has 0 amide bonds. The fraction of sp³-hybridized carbons (Fsp3) is 0.400. The highest BCUT2D eigenvalue weighted by molar-refractivity contribution is 5.43. The number of aromatic nitrogens is 3. The number of fused-ring (bicyclic) bond motifs is 1. The lowest BCUT2D eigenvalue weighted by atomic mass is 10.0. The Labute approximate surface area is 124 Å². The van der Waals surface area contributed by atoms with Gasteiger partial charge in [-0.2, -0.15) is 15.0 Å². The molecule has 1 aliphatic heterocycles. The molecule has 0 spiro atoms. The predicted octanol–water partition coefficient (Wildman–Crippen LogP) is 1.87. The van der Waals surface area contributed by atoms with E-state index in [2.05, 4.69) is 49.4 Å². The summed E-state index contributed by atoms with van der Waals surface area (Å²) in [4.78, 5) is 15.2. The maximum absolute atomic E-state index is 5.42. The van der Waals surface area contributed by atoms with Gasteiger partial charge in [0.2, 0.25) is 11.9 Å². The molecule has 6 nitrogen and oxygen atoms in total. The number of hydrogen-bond donors (Lipinski definition) is 1. The SMILES string of the molecule is CCOc1nc(NC)nc(N2CCc3ccccc3C2)n1. The van der Waals surface area contributed by atoms with Crippen molar-refractivity contribution in [3.63, 3.8) is 0 Å². The molecule has 0 bridgehead atoms. The van der Waals surface area contributed by atoms with E-state index in [0.29, 0.717) is 24.5 Å². The Kier molecular flexibility index (Phi) is 3.85. The first-order valence-corrected chi connectivity index (χ1v) is 7.18. The Hall–Kier alpha value is -2.37. The van der Waals surface area contributed by atoms with Crippen LogP contribution in [0.4, 0.5) is 11.9 Å². The predicted molar refractivity (Wildman–Crippen MR) is 81.7 cm³/mol.